The van der Waals surface area contributed by atoms with Gasteiger partial charge in [0.05, 0.1) is 32.6 Å². The van der Waals surface area contributed by atoms with Crippen LogP contribution in [0.1, 0.15) is 21.7 Å². The molecule has 32 heavy (non-hydrogen) atoms. The number of hydrogen-bond acceptors (Lipinski definition) is 7. The summed E-state index contributed by atoms with van der Waals surface area (Å²) in [4.78, 5) is 24.7. The number of carbonyl (C=O) groups excluding carboxylic acids is 2. The summed E-state index contributed by atoms with van der Waals surface area (Å²) >= 11 is 0. The number of ketones is 1. The number of fused-ring (bicyclic) bond motifs is 1. The summed E-state index contributed by atoms with van der Waals surface area (Å²) in [6.07, 6.45) is 3.14. The molecule has 8 nitrogen and oxygen atoms in total. The van der Waals surface area contributed by atoms with Crippen LogP contribution in [0.3, 0.4) is 0 Å². The molecule has 164 valence electrons. The quantitative estimate of drug-likeness (QED) is 0.540. The van der Waals surface area contributed by atoms with Crippen molar-refractivity contribution in [3.63, 3.8) is 0 Å². The summed E-state index contributed by atoms with van der Waals surface area (Å²) in [5.41, 5.74) is 1.06. The molecule has 1 aliphatic heterocycles. The van der Waals surface area contributed by atoms with Crippen molar-refractivity contribution in [3.8, 4) is 23.0 Å². The molecule has 3 aromatic rings. The third kappa shape index (κ3) is 4.44. The van der Waals surface area contributed by atoms with Gasteiger partial charge in [-0.25, -0.2) is 0 Å². The molecule has 4 rings (SSSR count). The fourth-order valence-corrected chi connectivity index (χ4v) is 3.22. The number of benzene rings is 2. The van der Waals surface area contributed by atoms with Gasteiger partial charge < -0.3 is 28.7 Å². The molecule has 2 aromatic carbocycles. The van der Waals surface area contributed by atoms with E-state index in [1.54, 1.807) is 61.7 Å². The second kappa shape index (κ2) is 9.30. The maximum atomic E-state index is 12.8. The minimum atomic E-state index is -0.301. The molecule has 1 aliphatic rings. The van der Waals surface area contributed by atoms with Crippen LogP contribution in [-0.4, -0.2) is 32.5 Å². The molecule has 0 fully saturated rings. The molecule has 2 heterocycles. The van der Waals surface area contributed by atoms with Gasteiger partial charge in [0, 0.05) is 11.6 Å². The topological polar surface area (TPSA) is 96.2 Å². The van der Waals surface area contributed by atoms with E-state index in [2.05, 4.69) is 5.32 Å². The Balaban J connectivity index is 1.43. The van der Waals surface area contributed by atoms with Crippen molar-refractivity contribution in [1.29, 1.82) is 0 Å². The van der Waals surface area contributed by atoms with Gasteiger partial charge >= 0.3 is 0 Å². The van der Waals surface area contributed by atoms with Gasteiger partial charge in [-0.1, -0.05) is 12.1 Å². The standard InChI is InChI=1S/C24H21NO7/c1-28-19-7-3-5-15(24(19)29-2)11-21-23(27)18-9-8-16(12-20(18)32-21)31-14-22(26)25-13-17-6-4-10-30-17/h3-12H,13-14H2,1-2H3,(H,25,26)/b21-11-. The van der Waals surface area contributed by atoms with Gasteiger partial charge in [0.25, 0.3) is 5.91 Å². The van der Waals surface area contributed by atoms with E-state index in [1.165, 1.54) is 13.4 Å². The summed E-state index contributed by atoms with van der Waals surface area (Å²) in [7, 11) is 3.07. The molecule has 0 radical (unpaired) electrons. The molecule has 1 N–H and O–H groups in total. The normalized spacial score (nSPS) is 13.4. The average molecular weight is 435 g/mol. The highest BCUT2D eigenvalue weighted by Gasteiger charge is 2.28. The Kier molecular flexibility index (Phi) is 6.12. The SMILES string of the molecule is COc1cccc(/C=C2\Oc3cc(OCC(=O)NCc4ccco4)ccc3C2=O)c1OC. The Hall–Kier alpha value is -4.20. The zero-order chi connectivity index (χ0) is 22.5. The lowest BCUT2D eigenvalue weighted by Crippen LogP contribution is -2.28. The molecule has 0 atom stereocenters. The van der Waals surface area contributed by atoms with Gasteiger partial charge in [-0.2, -0.15) is 0 Å². The van der Waals surface area contributed by atoms with Gasteiger partial charge in [0.15, 0.2) is 23.9 Å². The lowest BCUT2D eigenvalue weighted by molar-refractivity contribution is -0.123. The fourth-order valence-electron chi connectivity index (χ4n) is 3.22. The van der Waals surface area contributed by atoms with Crippen LogP contribution in [0.2, 0.25) is 0 Å². The number of furan rings is 1. The van der Waals surface area contributed by atoms with E-state index < -0.39 is 0 Å². The number of allylic oxidation sites excluding steroid dienone is 1. The molecule has 0 bridgehead atoms. The zero-order valence-electron chi connectivity index (χ0n) is 17.5. The van der Waals surface area contributed by atoms with Crippen molar-refractivity contribution < 1.29 is 33.0 Å². The predicted octanol–water partition coefficient (Wildman–Crippen LogP) is 3.61. The van der Waals surface area contributed by atoms with Gasteiger partial charge in [-0.3, -0.25) is 9.59 Å². The second-order valence-corrected chi connectivity index (χ2v) is 6.83. The highest BCUT2D eigenvalue weighted by Crippen LogP contribution is 2.37. The highest BCUT2D eigenvalue weighted by molar-refractivity contribution is 6.14. The summed E-state index contributed by atoms with van der Waals surface area (Å²) in [5, 5.41) is 2.69. The number of Topliss-reactive ketones (excluding diaryl/α,β-unsaturated/α-hetero) is 1. The fraction of sp³-hybridized carbons (Fsp3) is 0.167. The summed E-state index contributed by atoms with van der Waals surface area (Å²) in [6, 6.07) is 13.7. The first-order valence-electron chi connectivity index (χ1n) is 9.80. The third-order valence-electron chi connectivity index (χ3n) is 4.77. The number of rotatable bonds is 8. The third-order valence-corrected chi connectivity index (χ3v) is 4.77. The molecule has 0 unspecified atom stereocenters. The Bertz CT molecular complexity index is 1170. The first-order valence-corrected chi connectivity index (χ1v) is 9.80. The summed E-state index contributed by atoms with van der Waals surface area (Å²) in [6.45, 7) is 0.0933. The van der Waals surface area contributed by atoms with Crippen LogP contribution in [0.5, 0.6) is 23.0 Å². The van der Waals surface area contributed by atoms with E-state index >= 15 is 0 Å². The van der Waals surface area contributed by atoms with E-state index in [-0.39, 0.29) is 30.6 Å². The van der Waals surface area contributed by atoms with Crippen molar-refractivity contribution >= 4 is 17.8 Å². The monoisotopic (exact) mass is 435 g/mol. The summed E-state index contributed by atoms with van der Waals surface area (Å²) in [5.74, 6) is 2.05. The molecule has 8 heteroatoms. The maximum Gasteiger partial charge on any atom is 0.258 e. The van der Waals surface area contributed by atoms with Gasteiger partial charge in [0.2, 0.25) is 5.78 Å². The van der Waals surface area contributed by atoms with Crippen molar-refractivity contribution in [3.05, 3.63) is 77.4 Å². The van der Waals surface area contributed by atoms with Crippen LogP contribution < -0.4 is 24.3 Å². The van der Waals surface area contributed by atoms with Gasteiger partial charge in [-0.05, 0) is 36.4 Å². The van der Waals surface area contributed by atoms with Crippen molar-refractivity contribution in [2.75, 3.05) is 20.8 Å². The van der Waals surface area contributed by atoms with E-state index in [0.717, 1.165) is 0 Å². The number of nitrogens with one attached hydrogen (secondary N) is 1. The molecule has 0 spiro atoms. The van der Waals surface area contributed by atoms with Crippen LogP contribution in [0.4, 0.5) is 0 Å². The Labute approximate surface area is 184 Å². The minimum Gasteiger partial charge on any atom is -0.493 e. The molecule has 1 aromatic heterocycles. The number of amides is 1. The molecule has 1 amide bonds. The maximum absolute atomic E-state index is 12.8. The smallest absolute Gasteiger partial charge is 0.258 e. The van der Waals surface area contributed by atoms with Gasteiger partial charge in [0.1, 0.15) is 17.3 Å². The average Bonchev–Trinajstić information content (AvgIpc) is 3.44. The number of carbonyl (C=O) groups is 2. The van der Waals surface area contributed by atoms with Crippen LogP contribution >= 0.6 is 0 Å². The van der Waals surface area contributed by atoms with Crippen LogP contribution in [-0.2, 0) is 11.3 Å². The lowest BCUT2D eigenvalue weighted by Gasteiger charge is -2.10. The molecule has 0 saturated heterocycles. The summed E-state index contributed by atoms with van der Waals surface area (Å²) < 4.78 is 27.2. The number of ether oxygens (including phenoxy) is 4. The van der Waals surface area contributed by atoms with E-state index in [1.807, 2.05) is 0 Å². The number of para-hydroxylation sites is 1. The minimum absolute atomic E-state index is 0.153. The van der Waals surface area contributed by atoms with Crippen molar-refractivity contribution in [1.82, 2.24) is 5.32 Å². The molecule has 0 aliphatic carbocycles. The Morgan fingerprint density at radius 3 is 2.72 bits per heavy atom. The molecular formula is C24H21NO7. The zero-order valence-corrected chi connectivity index (χ0v) is 17.5. The number of hydrogen-bond donors (Lipinski definition) is 1. The number of methoxy groups -OCH3 is 2. The highest BCUT2D eigenvalue weighted by atomic mass is 16.5. The van der Waals surface area contributed by atoms with E-state index in [4.69, 9.17) is 23.4 Å². The Morgan fingerprint density at radius 1 is 1.09 bits per heavy atom. The van der Waals surface area contributed by atoms with Gasteiger partial charge in [-0.15, -0.1) is 0 Å². The first-order chi connectivity index (χ1) is 15.6. The second-order valence-electron chi connectivity index (χ2n) is 6.83. The van der Waals surface area contributed by atoms with E-state index in [9.17, 15) is 9.59 Å². The van der Waals surface area contributed by atoms with Crippen LogP contribution in [0.15, 0.2) is 65.0 Å². The lowest BCUT2D eigenvalue weighted by atomic mass is 10.1. The molecule has 0 saturated carbocycles. The van der Waals surface area contributed by atoms with E-state index in [0.29, 0.717) is 39.9 Å². The van der Waals surface area contributed by atoms with Crippen LogP contribution in [0.25, 0.3) is 6.08 Å². The first kappa shape index (κ1) is 21.0. The van der Waals surface area contributed by atoms with Crippen molar-refractivity contribution in [2.24, 2.45) is 0 Å². The van der Waals surface area contributed by atoms with Crippen molar-refractivity contribution in [2.45, 2.75) is 6.54 Å². The molecular weight excluding hydrogens is 414 g/mol. The van der Waals surface area contributed by atoms with Crippen LogP contribution in [0, 0.1) is 0 Å². The predicted molar refractivity (Wildman–Crippen MR) is 115 cm³/mol. The Morgan fingerprint density at radius 2 is 1.97 bits per heavy atom. The largest absolute Gasteiger partial charge is 0.493 e.